The van der Waals surface area contributed by atoms with Gasteiger partial charge in [0.2, 0.25) is 0 Å². The van der Waals surface area contributed by atoms with E-state index in [9.17, 15) is 5.11 Å². The Morgan fingerprint density at radius 1 is 1.17 bits per heavy atom. The fourth-order valence-corrected chi connectivity index (χ4v) is 6.07. The Bertz CT molecular complexity index is 665. The smallest absolute Gasteiger partial charge is 0.159 e. The Morgan fingerprint density at radius 2 is 1.90 bits per heavy atom. The molecule has 0 spiro atoms. The molecular weight excluding hydrogens is 380 g/mol. The lowest BCUT2D eigenvalue weighted by Crippen LogP contribution is -2.57. The van der Waals surface area contributed by atoms with E-state index in [0.717, 1.165) is 37.7 Å². The van der Waals surface area contributed by atoms with Crippen LogP contribution in [-0.2, 0) is 14.2 Å². The van der Waals surface area contributed by atoms with Gasteiger partial charge in [-0.25, -0.2) is 0 Å². The van der Waals surface area contributed by atoms with Gasteiger partial charge in [-0.1, -0.05) is 52.9 Å². The summed E-state index contributed by atoms with van der Waals surface area (Å²) in [6.07, 6.45) is 3.59. The van der Waals surface area contributed by atoms with E-state index in [2.05, 4.69) is 58.5 Å². The molecule has 2 unspecified atom stereocenters. The standard InChI is InChI=1S/C24H40O4Si/c1-17-16-27-19-11-13-23(2,3)22(24(17,19)4)21(25)18(12-15-29(5,6)7)28-20-10-8-9-14-26-20/h18-22,25H,1,8-11,13-14,16H2,2-7H3/t18-,19-,20?,21-,22?,24-/m0/s1. The van der Waals surface area contributed by atoms with Crippen molar-refractivity contribution >= 4 is 8.07 Å². The maximum absolute atomic E-state index is 11.8. The van der Waals surface area contributed by atoms with Crippen molar-refractivity contribution in [3.63, 3.8) is 0 Å². The first-order valence-electron chi connectivity index (χ1n) is 11.2. The molecule has 0 amide bonds. The molecule has 3 fully saturated rings. The van der Waals surface area contributed by atoms with Gasteiger partial charge in [0.15, 0.2) is 6.29 Å². The van der Waals surface area contributed by atoms with Crippen molar-refractivity contribution in [2.24, 2.45) is 16.7 Å². The van der Waals surface area contributed by atoms with Gasteiger partial charge in [-0.3, -0.25) is 0 Å². The van der Waals surface area contributed by atoms with Crippen LogP contribution in [0.15, 0.2) is 12.2 Å². The van der Waals surface area contributed by atoms with Crippen LogP contribution in [0.1, 0.15) is 52.9 Å². The minimum Gasteiger partial charge on any atom is -0.389 e. The van der Waals surface area contributed by atoms with Crippen LogP contribution in [-0.4, -0.2) is 51.0 Å². The molecule has 1 saturated carbocycles. The lowest BCUT2D eigenvalue weighted by Gasteiger charge is -2.54. The second-order valence-electron chi connectivity index (χ2n) is 11.1. The maximum Gasteiger partial charge on any atom is 0.159 e. The van der Waals surface area contributed by atoms with Crippen LogP contribution in [0.3, 0.4) is 0 Å². The third-order valence-corrected chi connectivity index (χ3v) is 8.00. The average molecular weight is 421 g/mol. The van der Waals surface area contributed by atoms with Gasteiger partial charge in [0.25, 0.3) is 0 Å². The number of fused-ring (bicyclic) bond motifs is 1. The number of hydrogen-bond acceptors (Lipinski definition) is 4. The van der Waals surface area contributed by atoms with E-state index in [0.29, 0.717) is 13.2 Å². The lowest BCUT2D eigenvalue weighted by molar-refractivity contribution is -0.214. The summed E-state index contributed by atoms with van der Waals surface area (Å²) in [6, 6.07) is 0. The Morgan fingerprint density at radius 3 is 2.52 bits per heavy atom. The van der Waals surface area contributed by atoms with Crippen LogP contribution in [0.25, 0.3) is 0 Å². The van der Waals surface area contributed by atoms with Crippen molar-refractivity contribution in [3.8, 4) is 11.5 Å². The molecule has 3 aliphatic rings. The first kappa shape index (κ1) is 23.0. The highest BCUT2D eigenvalue weighted by atomic mass is 28.3. The molecular formula is C24H40O4Si. The second-order valence-corrected chi connectivity index (χ2v) is 15.8. The molecule has 6 atom stereocenters. The minimum atomic E-state index is -1.61. The van der Waals surface area contributed by atoms with Crippen molar-refractivity contribution in [1.82, 2.24) is 0 Å². The Labute approximate surface area is 178 Å². The number of aliphatic hydroxyl groups excluding tert-OH is 1. The van der Waals surface area contributed by atoms with E-state index < -0.39 is 20.3 Å². The van der Waals surface area contributed by atoms with E-state index in [1.807, 2.05) is 0 Å². The number of ether oxygens (including phenoxy) is 3. The number of aliphatic hydroxyl groups is 1. The lowest BCUT2D eigenvalue weighted by atomic mass is 9.52. The minimum absolute atomic E-state index is 0.0340. The molecule has 3 rings (SSSR count). The Kier molecular flexibility index (Phi) is 6.73. The molecule has 0 aromatic carbocycles. The Balaban J connectivity index is 1.93. The summed E-state index contributed by atoms with van der Waals surface area (Å²) in [6.45, 7) is 19.0. The summed E-state index contributed by atoms with van der Waals surface area (Å²) >= 11 is 0. The molecule has 4 nitrogen and oxygen atoms in total. The summed E-state index contributed by atoms with van der Waals surface area (Å²) in [7, 11) is -1.61. The number of rotatable bonds is 4. The highest BCUT2D eigenvalue weighted by Crippen LogP contribution is 2.59. The molecule has 0 aromatic heterocycles. The van der Waals surface area contributed by atoms with Gasteiger partial charge in [-0.2, -0.15) is 0 Å². The van der Waals surface area contributed by atoms with Crippen LogP contribution < -0.4 is 0 Å². The molecule has 2 saturated heterocycles. The Hall–Kier alpha value is -0.643. The van der Waals surface area contributed by atoms with Crippen molar-refractivity contribution in [2.75, 3.05) is 13.2 Å². The maximum atomic E-state index is 11.8. The largest absolute Gasteiger partial charge is 0.389 e. The summed E-state index contributed by atoms with van der Waals surface area (Å²) in [4.78, 5) is 0. The molecule has 1 aliphatic carbocycles. The third kappa shape index (κ3) is 4.83. The molecule has 164 valence electrons. The van der Waals surface area contributed by atoms with E-state index in [-0.39, 0.29) is 29.1 Å². The predicted octanol–water partition coefficient (Wildman–Crippen LogP) is 4.54. The van der Waals surface area contributed by atoms with Crippen LogP contribution >= 0.6 is 0 Å². The first-order chi connectivity index (χ1) is 13.4. The zero-order valence-electron chi connectivity index (χ0n) is 19.2. The van der Waals surface area contributed by atoms with Gasteiger partial charge in [-0.05, 0) is 43.1 Å². The fourth-order valence-electron chi connectivity index (χ4n) is 5.49. The third-order valence-electron chi connectivity index (χ3n) is 7.11. The average Bonchev–Trinajstić information content (AvgIpc) is 2.92. The van der Waals surface area contributed by atoms with Gasteiger partial charge >= 0.3 is 0 Å². The van der Waals surface area contributed by atoms with Gasteiger partial charge in [0.1, 0.15) is 14.2 Å². The quantitative estimate of drug-likeness (QED) is 0.412. The molecule has 0 bridgehead atoms. The van der Waals surface area contributed by atoms with Crippen LogP contribution in [0.2, 0.25) is 19.6 Å². The molecule has 0 radical (unpaired) electrons. The van der Waals surface area contributed by atoms with E-state index in [4.69, 9.17) is 14.2 Å². The summed E-state index contributed by atoms with van der Waals surface area (Å²) in [5.41, 5.74) is 4.20. The normalized spacial score (nSPS) is 36.7. The summed E-state index contributed by atoms with van der Waals surface area (Å²) < 4.78 is 18.2. The SMILES string of the molecule is C=C1CO[C@H]2CCC(C)(C)C([C@@H](O)[C@H](C#C[Si](C)(C)C)OC3CCCCO3)[C@@]12C. The zero-order valence-corrected chi connectivity index (χ0v) is 20.2. The van der Waals surface area contributed by atoms with Crippen LogP contribution in [0.5, 0.6) is 0 Å². The monoisotopic (exact) mass is 420 g/mol. The van der Waals surface area contributed by atoms with Crippen molar-refractivity contribution < 1.29 is 19.3 Å². The second kappa shape index (κ2) is 8.47. The van der Waals surface area contributed by atoms with Gasteiger partial charge < -0.3 is 19.3 Å². The van der Waals surface area contributed by atoms with Crippen molar-refractivity contribution in [1.29, 1.82) is 0 Å². The van der Waals surface area contributed by atoms with Gasteiger partial charge in [-0.15, -0.1) is 5.54 Å². The van der Waals surface area contributed by atoms with Crippen molar-refractivity contribution in [3.05, 3.63) is 12.2 Å². The first-order valence-corrected chi connectivity index (χ1v) is 14.7. The topological polar surface area (TPSA) is 47.9 Å². The molecule has 1 N–H and O–H groups in total. The molecule has 2 heterocycles. The highest BCUT2D eigenvalue weighted by Gasteiger charge is 2.60. The van der Waals surface area contributed by atoms with Crippen LogP contribution in [0, 0.1) is 28.2 Å². The summed E-state index contributed by atoms with van der Waals surface area (Å²) in [5, 5.41) is 11.8. The van der Waals surface area contributed by atoms with Gasteiger partial charge in [0, 0.05) is 17.9 Å². The van der Waals surface area contributed by atoms with Crippen LogP contribution in [0.4, 0.5) is 0 Å². The van der Waals surface area contributed by atoms with Gasteiger partial charge in [0.05, 0.1) is 18.8 Å². The molecule has 5 heteroatoms. The van der Waals surface area contributed by atoms with Crippen molar-refractivity contribution in [2.45, 2.75) is 97.1 Å². The molecule has 29 heavy (non-hydrogen) atoms. The summed E-state index contributed by atoms with van der Waals surface area (Å²) in [5.74, 6) is 3.31. The molecule has 2 aliphatic heterocycles. The van der Waals surface area contributed by atoms with E-state index in [1.54, 1.807) is 0 Å². The highest BCUT2D eigenvalue weighted by molar-refractivity contribution is 6.83. The fraction of sp³-hybridized carbons (Fsp3) is 0.833. The number of hydrogen-bond donors (Lipinski definition) is 1. The predicted molar refractivity (Wildman–Crippen MR) is 119 cm³/mol. The zero-order chi connectivity index (χ0) is 21.4. The van der Waals surface area contributed by atoms with E-state index in [1.165, 1.54) is 0 Å². The molecule has 0 aromatic rings. The van der Waals surface area contributed by atoms with E-state index >= 15 is 0 Å².